The molecule has 0 atom stereocenters. The molecule has 0 aromatic rings. The van der Waals surface area contributed by atoms with Crippen molar-refractivity contribution in [2.24, 2.45) is 0 Å². The van der Waals surface area contributed by atoms with E-state index in [1.807, 2.05) is 0 Å². The van der Waals surface area contributed by atoms with E-state index < -0.39 is 30.8 Å². The molecule has 126 valence electrons. The maximum atomic E-state index is 8.33. The Morgan fingerprint density at radius 2 is 0.333 bits per heavy atom. The minimum atomic E-state index is -2.33. The molecule has 2 radical (unpaired) electrons. The molecule has 0 aromatic heterocycles. The van der Waals surface area contributed by atoms with E-state index in [1.165, 1.54) is 0 Å². The first kappa shape index (κ1) is 56.8. The third-order valence-corrected chi connectivity index (χ3v) is 0. The molecule has 0 saturated carbocycles. The second-order valence-electron chi connectivity index (χ2n) is 1.25. The Morgan fingerprint density at radius 1 is 0.333 bits per heavy atom. The first-order valence-corrected chi connectivity index (χ1v) is 3.06. The smallest absolute Gasteiger partial charge is 0.652 e. The van der Waals surface area contributed by atoms with E-state index in [1.54, 1.807) is 0 Å². The van der Waals surface area contributed by atoms with Crippen molar-refractivity contribution < 1.29 is 110 Å². The van der Waals surface area contributed by atoms with Gasteiger partial charge in [-0.15, -0.1) is 0 Å². The SMILES string of the molecule is O=C([O-])[O-].O=C([O-])[O-].O=C([O-])[O-].O=C([O-])[O-].O=C([O-])[O-].[Cr+3].[Cr+3].[Mg+2].[Mg+2]. The molecule has 0 spiro atoms. The molecule has 0 rings (SSSR count). The predicted octanol–water partition coefficient (Wildman–Crippen LogP) is -13.0. The van der Waals surface area contributed by atoms with Crippen LogP contribution in [0.2, 0.25) is 0 Å². The molecule has 0 heterocycles. The monoisotopic (exact) mass is 452 g/mol. The van der Waals surface area contributed by atoms with Gasteiger partial charge < -0.3 is 75.0 Å². The molecular weight excluding hydrogens is 453 g/mol. The van der Waals surface area contributed by atoms with Gasteiger partial charge in [-0.1, -0.05) is 0 Å². The van der Waals surface area contributed by atoms with Crippen molar-refractivity contribution in [1.82, 2.24) is 0 Å². The van der Waals surface area contributed by atoms with Crippen molar-refractivity contribution >= 4 is 76.9 Å². The fourth-order valence-electron chi connectivity index (χ4n) is 0. The second kappa shape index (κ2) is 49.5. The Kier molecular flexibility index (Phi) is 117. The summed E-state index contributed by atoms with van der Waals surface area (Å²) in [4.78, 5) is 41.7. The fourth-order valence-corrected chi connectivity index (χ4v) is 0. The molecule has 0 aromatic carbocycles. The van der Waals surface area contributed by atoms with E-state index >= 15 is 0 Å². The van der Waals surface area contributed by atoms with E-state index in [0.29, 0.717) is 0 Å². The van der Waals surface area contributed by atoms with Crippen LogP contribution in [-0.4, -0.2) is 76.9 Å². The van der Waals surface area contributed by atoms with Crippen LogP contribution in [0.1, 0.15) is 0 Å². The fraction of sp³-hybridized carbons (Fsp3) is 0. The summed E-state index contributed by atoms with van der Waals surface area (Å²) in [5.41, 5.74) is 0. The second-order valence-corrected chi connectivity index (χ2v) is 1.25. The number of carboxylic acid groups (broad SMARTS) is 10. The van der Waals surface area contributed by atoms with Crippen LogP contribution >= 0.6 is 0 Å². The third-order valence-electron chi connectivity index (χ3n) is 0. The van der Waals surface area contributed by atoms with Crippen molar-refractivity contribution in [1.29, 1.82) is 0 Å². The molecule has 24 heavy (non-hydrogen) atoms. The average Bonchev–Trinajstić information content (AvgIpc) is 1.94. The van der Waals surface area contributed by atoms with Gasteiger partial charge in [-0.05, 0) is 30.8 Å². The summed E-state index contributed by atoms with van der Waals surface area (Å²) in [7, 11) is 0. The zero-order chi connectivity index (χ0) is 17.9. The van der Waals surface area contributed by atoms with Gasteiger partial charge in [-0.2, -0.15) is 0 Å². The molecule has 0 bridgehead atoms. The number of hydrogen-bond acceptors (Lipinski definition) is 15. The summed E-state index contributed by atoms with van der Waals surface area (Å²) < 4.78 is 0. The minimum Gasteiger partial charge on any atom is -0.652 e. The molecule has 0 N–H and O–H groups in total. The maximum absolute atomic E-state index is 8.33. The molecular formula is C5Cr2Mg2O15. The van der Waals surface area contributed by atoms with E-state index in [0.717, 1.165) is 0 Å². The summed E-state index contributed by atoms with van der Waals surface area (Å²) in [5, 5.41) is 83.3. The Labute approximate surface area is 185 Å². The quantitative estimate of drug-likeness (QED) is 0.307. The van der Waals surface area contributed by atoms with Crippen LogP contribution < -0.4 is 51.1 Å². The van der Waals surface area contributed by atoms with Crippen LogP contribution in [0.25, 0.3) is 0 Å². The maximum Gasteiger partial charge on any atom is 3.00 e. The first-order chi connectivity index (χ1) is 8.66. The van der Waals surface area contributed by atoms with Gasteiger partial charge in [0.25, 0.3) is 0 Å². The first-order valence-electron chi connectivity index (χ1n) is 3.06. The summed E-state index contributed by atoms with van der Waals surface area (Å²) in [6.07, 6.45) is -11.7. The van der Waals surface area contributed by atoms with E-state index in [4.69, 9.17) is 75.0 Å². The van der Waals surface area contributed by atoms with E-state index in [9.17, 15) is 0 Å². The van der Waals surface area contributed by atoms with Crippen LogP contribution in [0.3, 0.4) is 0 Å². The third kappa shape index (κ3) is 7520. The summed E-state index contributed by atoms with van der Waals surface area (Å²) in [6.45, 7) is 0. The normalized spacial score (nSPS) is 5.00. The zero-order valence-corrected chi connectivity index (χ0v) is 16.2. The van der Waals surface area contributed by atoms with Crippen molar-refractivity contribution in [3.05, 3.63) is 0 Å². The molecule has 0 aliphatic heterocycles. The van der Waals surface area contributed by atoms with Crippen LogP contribution in [0.15, 0.2) is 0 Å². The average molecular weight is 453 g/mol. The number of rotatable bonds is 0. The van der Waals surface area contributed by atoms with Crippen molar-refractivity contribution in [2.75, 3.05) is 0 Å². The van der Waals surface area contributed by atoms with Gasteiger partial charge in [-0.25, -0.2) is 0 Å². The molecule has 0 amide bonds. The van der Waals surface area contributed by atoms with Crippen molar-refractivity contribution in [3.63, 3.8) is 0 Å². The van der Waals surface area contributed by atoms with Crippen molar-refractivity contribution in [2.45, 2.75) is 0 Å². The Hall–Kier alpha value is -1.05. The van der Waals surface area contributed by atoms with E-state index in [-0.39, 0.29) is 80.8 Å². The van der Waals surface area contributed by atoms with Gasteiger partial charge >= 0.3 is 80.8 Å². The van der Waals surface area contributed by atoms with Gasteiger partial charge in [0.1, 0.15) is 0 Å². The Morgan fingerprint density at radius 3 is 0.333 bits per heavy atom. The van der Waals surface area contributed by atoms with Gasteiger partial charge in [0.15, 0.2) is 0 Å². The van der Waals surface area contributed by atoms with Crippen LogP contribution in [0.5, 0.6) is 0 Å². The van der Waals surface area contributed by atoms with Gasteiger partial charge in [0.2, 0.25) is 0 Å². The molecule has 15 nitrogen and oxygen atoms in total. The zero-order valence-electron chi connectivity index (χ0n) is 10.9. The Bertz CT molecular complexity index is 221. The molecule has 0 saturated heterocycles. The standard InChI is InChI=1S/5CH2O3.2Cr.2Mg/c5*2-1(3)4;;;;/h5*(H2,2,3,4);;;;/q;;;;;2*+3;2*+2/p-10. The predicted molar refractivity (Wildman–Crippen MR) is 38.5 cm³/mol. The van der Waals surface area contributed by atoms with E-state index in [2.05, 4.69) is 0 Å². The largest absolute Gasteiger partial charge is 3.00 e. The van der Waals surface area contributed by atoms with Crippen molar-refractivity contribution in [3.8, 4) is 0 Å². The molecule has 0 unspecified atom stereocenters. The summed E-state index contributed by atoms with van der Waals surface area (Å²) in [5.74, 6) is 0. The molecule has 0 fully saturated rings. The summed E-state index contributed by atoms with van der Waals surface area (Å²) in [6, 6.07) is 0. The van der Waals surface area contributed by atoms with Gasteiger partial charge in [-0.3, -0.25) is 0 Å². The van der Waals surface area contributed by atoms with Gasteiger partial charge in [0.05, 0.1) is 0 Å². The number of hydrogen-bond donors (Lipinski definition) is 0. The van der Waals surface area contributed by atoms with Crippen LogP contribution in [0.4, 0.5) is 24.0 Å². The summed E-state index contributed by atoms with van der Waals surface area (Å²) >= 11 is 0. The van der Waals surface area contributed by atoms with Crippen LogP contribution in [-0.2, 0) is 34.7 Å². The molecule has 0 aliphatic carbocycles. The molecule has 19 heteroatoms. The minimum absolute atomic E-state index is 0. The number of carbonyl (C=O) groups is 5. The molecule has 0 aliphatic rings. The van der Waals surface area contributed by atoms with Gasteiger partial charge in [0, 0.05) is 0 Å². The topological polar surface area (TPSA) is 316 Å². The Balaban J connectivity index is -0.0000000161. The number of carbonyl (C=O) groups excluding carboxylic acids is 5. The van der Waals surface area contributed by atoms with Crippen LogP contribution in [0, 0.1) is 0 Å².